The van der Waals surface area contributed by atoms with Crippen molar-refractivity contribution in [3.05, 3.63) is 81.1 Å². The highest BCUT2D eigenvalue weighted by molar-refractivity contribution is 7.98. The van der Waals surface area contributed by atoms with E-state index in [-0.39, 0.29) is 23.7 Å². The molecule has 7 nitrogen and oxygen atoms in total. The summed E-state index contributed by atoms with van der Waals surface area (Å²) < 4.78 is 0. The number of aryl methyl sites for hydroxylation is 2. The van der Waals surface area contributed by atoms with Gasteiger partial charge in [0.2, 0.25) is 11.8 Å². The van der Waals surface area contributed by atoms with Gasteiger partial charge in [-0.05, 0) is 30.5 Å². The molecule has 4 rings (SSSR count). The number of amides is 2. The van der Waals surface area contributed by atoms with Gasteiger partial charge in [-0.1, -0.05) is 66.7 Å². The standard InChI is InChI=1S/C24H24N4O3S/c1-3-16-9-4-5-10-18(16)25-22(30)17-12-19(29)26-21-20(17)23(31)28-24(27-21)32-13-15-8-6-7-14(2)11-15/h4-11,17H,3,12-13H2,1-2H3,(H,25,30)(H2,26,27,28,29,31). The molecule has 3 aromatic rings. The largest absolute Gasteiger partial charge is 0.325 e. The zero-order chi connectivity index (χ0) is 22.7. The third kappa shape index (κ3) is 4.75. The first-order valence-corrected chi connectivity index (χ1v) is 11.4. The van der Waals surface area contributed by atoms with E-state index in [4.69, 9.17) is 0 Å². The fourth-order valence-corrected chi connectivity index (χ4v) is 4.57. The minimum atomic E-state index is -0.907. The highest BCUT2D eigenvalue weighted by Gasteiger charge is 2.35. The van der Waals surface area contributed by atoms with Crippen LogP contribution in [0.4, 0.5) is 11.5 Å². The molecule has 0 saturated heterocycles. The maximum Gasteiger partial charge on any atom is 0.257 e. The molecule has 3 N–H and O–H groups in total. The summed E-state index contributed by atoms with van der Waals surface area (Å²) in [6, 6.07) is 15.6. The Bertz CT molecular complexity index is 1240. The lowest BCUT2D eigenvalue weighted by Gasteiger charge is -2.24. The average molecular weight is 449 g/mol. The molecule has 0 radical (unpaired) electrons. The molecule has 2 amide bonds. The van der Waals surface area contributed by atoms with Crippen molar-refractivity contribution in [2.75, 3.05) is 10.6 Å². The van der Waals surface area contributed by atoms with E-state index in [1.165, 1.54) is 11.8 Å². The summed E-state index contributed by atoms with van der Waals surface area (Å²) in [4.78, 5) is 45.5. The maximum absolute atomic E-state index is 13.0. The van der Waals surface area contributed by atoms with E-state index in [0.717, 1.165) is 23.1 Å². The number of H-pyrrole nitrogens is 1. The van der Waals surface area contributed by atoms with Crippen LogP contribution in [0.5, 0.6) is 0 Å². The number of fused-ring (bicyclic) bond motifs is 1. The quantitative estimate of drug-likeness (QED) is 0.391. The topological polar surface area (TPSA) is 104 Å². The van der Waals surface area contributed by atoms with Crippen LogP contribution in [-0.2, 0) is 21.8 Å². The molecule has 1 aliphatic heterocycles. The van der Waals surface area contributed by atoms with Crippen LogP contribution in [-0.4, -0.2) is 21.8 Å². The second kappa shape index (κ2) is 9.40. The summed E-state index contributed by atoms with van der Waals surface area (Å²) in [6.07, 6.45) is 0.648. The van der Waals surface area contributed by atoms with Crippen LogP contribution in [0.2, 0.25) is 0 Å². The minimum absolute atomic E-state index is 0.104. The van der Waals surface area contributed by atoms with E-state index >= 15 is 0 Å². The first-order chi connectivity index (χ1) is 15.4. The van der Waals surface area contributed by atoms with Gasteiger partial charge < -0.3 is 15.6 Å². The van der Waals surface area contributed by atoms with Crippen LogP contribution in [0.3, 0.4) is 0 Å². The molecule has 1 aromatic heterocycles. The third-order valence-corrected chi connectivity index (χ3v) is 6.30. The van der Waals surface area contributed by atoms with Gasteiger partial charge in [-0.15, -0.1) is 0 Å². The molecule has 0 fully saturated rings. The lowest BCUT2D eigenvalue weighted by Crippen LogP contribution is -2.36. The summed E-state index contributed by atoms with van der Waals surface area (Å²) in [7, 11) is 0. The lowest BCUT2D eigenvalue weighted by molar-refractivity contribution is -0.123. The van der Waals surface area contributed by atoms with Crippen molar-refractivity contribution in [2.45, 2.75) is 43.5 Å². The molecular formula is C24H24N4O3S. The van der Waals surface area contributed by atoms with Crippen LogP contribution in [0, 0.1) is 6.92 Å². The second-order valence-electron chi connectivity index (χ2n) is 7.72. The van der Waals surface area contributed by atoms with Crippen LogP contribution in [0.15, 0.2) is 58.5 Å². The van der Waals surface area contributed by atoms with Gasteiger partial charge in [0.1, 0.15) is 5.82 Å². The monoisotopic (exact) mass is 448 g/mol. The van der Waals surface area contributed by atoms with E-state index < -0.39 is 17.4 Å². The molecule has 0 saturated carbocycles. The van der Waals surface area contributed by atoms with Crippen molar-refractivity contribution in [3.8, 4) is 0 Å². The predicted octanol–water partition coefficient (Wildman–Crippen LogP) is 4.00. The molecular weight excluding hydrogens is 424 g/mol. The summed E-state index contributed by atoms with van der Waals surface area (Å²) in [5.74, 6) is -0.866. The van der Waals surface area contributed by atoms with Crippen molar-refractivity contribution >= 4 is 35.1 Å². The first-order valence-electron chi connectivity index (χ1n) is 10.5. The Hall–Kier alpha value is -3.39. The van der Waals surface area contributed by atoms with Crippen molar-refractivity contribution < 1.29 is 9.59 Å². The Morgan fingerprint density at radius 1 is 1.19 bits per heavy atom. The highest BCUT2D eigenvalue weighted by Crippen LogP contribution is 2.31. The molecule has 164 valence electrons. The number of aromatic amines is 1. The summed E-state index contributed by atoms with van der Waals surface area (Å²) in [5.41, 5.74) is 3.70. The van der Waals surface area contributed by atoms with Crippen molar-refractivity contribution in [1.29, 1.82) is 0 Å². The number of benzene rings is 2. The van der Waals surface area contributed by atoms with Gasteiger partial charge in [-0.25, -0.2) is 4.98 Å². The summed E-state index contributed by atoms with van der Waals surface area (Å²) in [5, 5.41) is 5.93. The number of hydrogen-bond acceptors (Lipinski definition) is 5. The van der Waals surface area contributed by atoms with E-state index in [0.29, 0.717) is 16.6 Å². The SMILES string of the molecule is CCc1ccccc1NC(=O)C1CC(=O)Nc2nc(SCc3cccc(C)c3)[nH]c(=O)c21. The number of thioether (sulfide) groups is 1. The molecule has 32 heavy (non-hydrogen) atoms. The zero-order valence-corrected chi connectivity index (χ0v) is 18.7. The number of aromatic nitrogens is 2. The molecule has 2 heterocycles. The van der Waals surface area contributed by atoms with E-state index in [1.807, 2.05) is 56.3 Å². The number of nitrogens with zero attached hydrogens (tertiary/aromatic N) is 1. The Morgan fingerprint density at radius 3 is 2.78 bits per heavy atom. The predicted molar refractivity (Wildman–Crippen MR) is 126 cm³/mol. The van der Waals surface area contributed by atoms with Gasteiger partial charge >= 0.3 is 0 Å². The number of rotatable bonds is 6. The fraction of sp³-hybridized carbons (Fsp3) is 0.250. The number of carbonyl (C=O) groups excluding carboxylic acids is 2. The number of carbonyl (C=O) groups is 2. The Labute approximate surface area is 190 Å². The summed E-state index contributed by atoms with van der Waals surface area (Å²) >= 11 is 1.37. The van der Waals surface area contributed by atoms with Gasteiger partial charge in [0.25, 0.3) is 5.56 Å². The highest BCUT2D eigenvalue weighted by atomic mass is 32.2. The Balaban J connectivity index is 1.58. The molecule has 0 aliphatic carbocycles. The minimum Gasteiger partial charge on any atom is -0.325 e. The van der Waals surface area contributed by atoms with Gasteiger partial charge in [0, 0.05) is 17.9 Å². The second-order valence-corrected chi connectivity index (χ2v) is 8.68. The number of para-hydroxylation sites is 1. The van der Waals surface area contributed by atoms with E-state index in [2.05, 4.69) is 26.7 Å². The molecule has 0 bridgehead atoms. The molecule has 1 unspecified atom stereocenters. The molecule has 8 heteroatoms. The molecule has 2 aromatic carbocycles. The van der Waals surface area contributed by atoms with Gasteiger partial charge in [0.05, 0.1) is 11.5 Å². The lowest BCUT2D eigenvalue weighted by atomic mass is 9.92. The van der Waals surface area contributed by atoms with Gasteiger partial charge in [0.15, 0.2) is 5.16 Å². The smallest absolute Gasteiger partial charge is 0.257 e. The van der Waals surface area contributed by atoms with E-state index in [9.17, 15) is 14.4 Å². The zero-order valence-electron chi connectivity index (χ0n) is 17.9. The van der Waals surface area contributed by atoms with E-state index in [1.54, 1.807) is 0 Å². The average Bonchev–Trinajstić information content (AvgIpc) is 2.77. The van der Waals surface area contributed by atoms with Crippen molar-refractivity contribution in [3.63, 3.8) is 0 Å². The number of nitrogens with one attached hydrogen (secondary N) is 3. The van der Waals surface area contributed by atoms with Crippen LogP contribution in [0.1, 0.15) is 41.5 Å². The van der Waals surface area contributed by atoms with Crippen LogP contribution < -0.4 is 16.2 Å². The molecule has 0 spiro atoms. The third-order valence-electron chi connectivity index (χ3n) is 5.36. The van der Waals surface area contributed by atoms with Gasteiger partial charge in [-0.3, -0.25) is 14.4 Å². The normalized spacial score (nSPS) is 15.1. The number of anilines is 2. The molecule has 1 atom stereocenters. The maximum atomic E-state index is 13.0. The van der Waals surface area contributed by atoms with Gasteiger partial charge in [-0.2, -0.15) is 0 Å². The Morgan fingerprint density at radius 2 is 2.00 bits per heavy atom. The first kappa shape index (κ1) is 21.8. The van der Waals surface area contributed by atoms with Crippen molar-refractivity contribution in [1.82, 2.24) is 9.97 Å². The Kier molecular flexibility index (Phi) is 6.41. The summed E-state index contributed by atoms with van der Waals surface area (Å²) in [6.45, 7) is 4.02. The van der Waals surface area contributed by atoms with Crippen LogP contribution >= 0.6 is 11.8 Å². The van der Waals surface area contributed by atoms with Crippen LogP contribution in [0.25, 0.3) is 0 Å². The fourth-order valence-electron chi connectivity index (χ4n) is 3.77. The number of hydrogen-bond donors (Lipinski definition) is 3. The molecule has 1 aliphatic rings. The van der Waals surface area contributed by atoms with Crippen molar-refractivity contribution in [2.24, 2.45) is 0 Å².